The molecule has 0 aliphatic heterocycles. The first-order valence-corrected chi connectivity index (χ1v) is 6.73. The van der Waals surface area contributed by atoms with Crippen LogP contribution in [0.15, 0.2) is 59.1 Å². The Bertz CT molecular complexity index is 557. The molecule has 0 aliphatic carbocycles. The van der Waals surface area contributed by atoms with Gasteiger partial charge in [-0.2, -0.15) is 0 Å². The number of nitrogens with one attached hydrogen (secondary N) is 1. The molecule has 0 bridgehead atoms. The van der Waals surface area contributed by atoms with Crippen molar-refractivity contribution >= 4 is 21.8 Å². The van der Waals surface area contributed by atoms with E-state index in [-0.39, 0.29) is 12.5 Å². The third kappa shape index (κ3) is 3.91. The molecule has 0 spiro atoms. The number of rotatable bonds is 4. The zero-order chi connectivity index (χ0) is 13.7. The highest BCUT2D eigenvalue weighted by Gasteiger charge is 2.10. The van der Waals surface area contributed by atoms with Crippen LogP contribution in [-0.2, 0) is 0 Å². The van der Waals surface area contributed by atoms with Gasteiger partial charge in [-0.25, -0.2) is 0 Å². The number of aliphatic hydroxyl groups excluding tert-OH is 1. The molecule has 2 aromatic rings. The van der Waals surface area contributed by atoms with Gasteiger partial charge in [-0.05, 0) is 23.8 Å². The maximum absolute atomic E-state index is 11.9. The smallest absolute Gasteiger partial charge is 0.251 e. The van der Waals surface area contributed by atoms with Crippen molar-refractivity contribution in [1.29, 1.82) is 0 Å². The van der Waals surface area contributed by atoms with Crippen LogP contribution in [0, 0.1) is 0 Å². The summed E-state index contributed by atoms with van der Waals surface area (Å²) >= 11 is 3.32. The number of hydrogen-bond donors (Lipinski definition) is 2. The number of aliphatic hydroxyl groups is 1. The molecular formula is C15H14BrNO2. The molecule has 19 heavy (non-hydrogen) atoms. The molecule has 0 heterocycles. The van der Waals surface area contributed by atoms with Crippen molar-refractivity contribution in [3.05, 3.63) is 70.2 Å². The minimum Gasteiger partial charge on any atom is -0.387 e. The van der Waals surface area contributed by atoms with E-state index in [9.17, 15) is 9.90 Å². The van der Waals surface area contributed by atoms with E-state index in [0.29, 0.717) is 5.56 Å². The van der Waals surface area contributed by atoms with Gasteiger partial charge < -0.3 is 10.4 Å². The number of halogens is 1. The lowest BCUT2D eigenvalue weighted by molar-refractivity contribution is 0.0916. The second-order valence-electron chi connectivity index (χ2n) is 4.15. The van der Waals surface area contributed by atoms with Crippen molar-refractivity contribution in [2.45, 2.75) is 6.10 Å². The molecule has 0 saturated carbocycles. The van der Waals surface area contributed by atoms with E-state index in [1.54, 1.807) is 18.2 Å². The zero-order valence-electron chi connectivity index (χ0n) is 10.2. The topological polar surface area (TPSA) is 49.3 Å². The maximum atomic E-state index is 11.9. The van der Waals surface area contributed by atoms with Crippen LogP contribution in [0.2, 0.25) is 0 Å². The van der Waals surface area contributed by atoms with Crippen LogP contribution in [0.1, 0.15) is 22.0 Å². The van der Waals surface area contributed by atoms with E-state index >= 15 is 0 Å². The SMILES string of the molecule is O=C(NCC(O)c1ccccc1)c1cccc(Br)c1. The highest BCUT2D eigenvalue weighted by Crippen LogP contribution is 2.13. The fourth-order valence-corrected chi connectivity index (χ4v) is 2.11. The van der Waals surface area contributed by atoms with Crippen molar-refractivity contribution in [3.8, 4) is 0 Å². The van der Waals surface area contributed by atoms with Gasteiger partial charge in [0.05, 0.1) is 6.10 Å². The molecule has 0 fully saturated rings. The summed E-state index contributed by atoms with van der Waals surface area (Å²) in [6.45, 7) is 0.190. The summed E-state index contributed by atoms with van der Waals surface area (Å²) < 4.78 is 0.851. The highest BCUT2D eigenvalue weighted by atomic mass is 79.9. The second-order valence-corrected chi connectivity index (χ2v) is 5.06. The Morgan fingerprint density at radius 1 is 1.16 bits per heavy atom. The van der Waals surface area contributed by atoms with Crippen LogP contribution in [0.25, 0.3) is 0 Å². The first-order chi connectivity index (χ1) is 9.16. The summed E-state index contributed by atoms with van der Waals surface area (Å²) in [5.41, 5.74) is 1.35. The Morgan fingerprint density at radius 3 is 2.58 bits per heavy atom. The maximum Gasteiger partial charge on any atom is 0.251 e. The fourth-order valence-electron chi connectivity index (χ4n) is 1.71. The molecule has 0 radical (unpaired) electrons. The number of benzene rings is 2. The van der Waals surface area contributed by atoms with Gasteiger partial charge in [0, 0.05) is 16.6 Å². The first-order valence-electron chi connectivity index (χ1n) is 5.93. The molecule has 2 rings (SSSR count). The Labute approximate surface area is 120 Å². The summed E-state index contributed by atoms with van der Waals surface area (Å²) in [5.74, 6) is -0.198. The van der Waals surface area contributed by atoms with Crippen molar-refractivity contribution in [3.63, 3.8) is 0 Å². The van der Waals surface area contributed by atoms with Gasteiger partial charge in [0.25, 0.3) is 5.91 Å². The summed E-state index contributed by atoms with van der Waals surface area (Å²) in [6, 6.07) is 16.4. The molecule has 1 unspecified atom stereocenters. The van der Waals surface area contributed by atoms with Crippen molar-refractivity contribution < 1.29 is 9.90 Å². The molecule has 4 heteroatoms. The number of carbonyl (C=O) groups is 1. The van der Waals surface area contributed by atoms with Crippen LogP contribution in [-0.4, -0.2) is 17.6 Å². The van der Waals surface area contributed by atoms with E-state index < -0.39 is 6.10 Å². The Kier molecular flexibility index (Phi) is 4.71. The summed E-state index contributed by atoms with van der Waals surface area (Å²) in [5, 5.41) is 12.7. The Morgan fingerprint density at radius 2 is 1.89 bits per heavy atom. The predicted molar refractivity (Wildman–Crippen MR) is 77.9 cm³/mol. The van der Waals surface area contributed by atoms with Crippen molar-refractivity contribution in [1.82, 2.24) is 5.32 Å². The summed E-state index contributed by atoms with van der Waals surface area (Å²) in [4.78, 5) is 11.9. The Hall–Kier alpha value is -1.65. The molecule has 1 atom stereocenters. The normalized spacial score (nSPS) is 11.9. The number of carbonyl (C=O) groups excluding carboxylic acids is 1. The third-order valence-corrected chi connectivity index (χ3v) is 3.22. The van der Waals surface area contributed by atoms with Gasteiger partial charge in [-0.15, -0.1) is 0 Å². The fraction of sp³-hybridized carbons (Fsp3) is 0.133. The van der Waals surface area contributed by atoms with E-state index in [1.165, 1.54) is 0 Å². The zero-order valence-corrected chi connectivity index (χ0v) is 11.8. The molecule has 2 N–H and O–H groups in total. The monoisotopic (exact) mass is 319 g/mol. The number of hydrogen-bond acceptors (Lipinski definition) is 2. The van der Waals surface area contributed by atoms with Crippen LogP contribution in [0.4, 0.5) is 0 Å². The minimum atomic E-state index is -0.697. The largest absolute Gasteiger partial charge is 0.387 e. The minimum absolute atomic E-state index is 0.190. The number of amides is 1. The molecule has 3 nitrogen and oxygen atoms in total. The molecule has 0 saturated heterocycles. The summed E-state index contributed by atoms with van der Waals surface area (Å²) in [7, 11) is 0. The van der Waals surface area contributed by atoms with Crippen LogP contribution in [0.5, 0.6) is 0 Å². The highest BCUT2D eigenvalue weighted by molar-refractivity contribution is 9.10. The third-order valence-electron chi connectivity index (χ3n) is 2.73. The van der Waals surface area contributed by atoms with E-state index in [2.05, 4.69) is 21.2 Å². The first kappa shape index (κ1) is 13.8. The van der Waals surface area contributed by atoms with Gasteiger partial charge >= 0.3 is 0 Å². The molecule has 0 aliphatic rings. The van der Waals surface area contributed by atoms with Gasteiger partial charge in [0.1, 0.15) is 0 Å². The van der Waals surface area contributed by atoms with E-state index in [1.807, 2.05) is 36.4 Å². The molecule has 2 aromatic carbocycles. The van der Waals surface area contributed by atoms with Gasteiger partial charge in [0.2, 0.25) is 0 Å². The average Bonchev–Trinajstić information content (AvgIpc) is 2.45. The predicted octanol–water partition coefficient (Wildman–Crippen LogP) is 2.91. The lowest BCUT2D eigenvalue weighted by atomic mass is 10.1. The van der Waals surface area contributed by atoms with Gasteiger partial charge in [0.15, 0.2) is 0 Å². The Balaban J connectivity index is 1.94. The molecule has 98 valence electrons. The lowest BCUT2D eigenvalue weighted by Crippen LogP contribution is -2.28. The standard InChI is InChI=1S/C15H14BrNO2/c16-13-8-4-7-12(9-13)15(19)17-10-14(18)11-5-2-1-3-6-11/h1-9,14,18H,10H2,(H,17,19). The van der Waals surface area contributed by atoms with Crippen molar-refractivity contribution in [2.24, 2.45) is 0 Å². The van der Waals surface area contributed by atoms with Crippen LogP contribution >= 0.6 is 15.9 Å². The van der Waals surface area contributed by atoms with Gasteiger partial charge in [-0.1, -0.05) is 52.3 Å². The van der Waals surface area contributed by atoms with Gasteiger partial charge in [-0.3, -0.25) is 4.79 Å². The summed E-state index contributed by atoms with van der Waals surface area (Å²) in [6.07, 6.45) is -0.697. The van der Waals surface area contributed by atoms with Crippen LogP contribution < -0.4 is 5.32 Å². The van der Waals surface area contributed by atoms with Crippen LogP contribution in [0.3, 0.4) is 0 Å². The molecular weight excluding hydrogens is 306 g/mol. The average molecular weight is 320 g/mol. The van der Waals surface area contributed by atoms with E-state index in [4.69, 9.17) is 0 Å². The van der Waals surface area contributed by atoms with E-state index in [0.717, 1.165) is 10.0 Å². The van der Waals surface area contributed by atoms with Crippen molar-refractivity contribution in [2.75, 3.05) is 6.54 Å². The second kappa shape index (κ2) is 6.50. The molecule has 1 amide bonds. The quantitative estimate of drug-likeness (QED) is 0.910. The molecule has 0 aromatic heterocycles. The lowest BCUT2D eigenvalue weighted by Gasteiger charge is -2.12.